The monoisotopic (exact) mass is 251 g/mol. The van der Waals surface area contributed by atoms with Gasteiger partial charge >= 0.3 is 5.97 Å². The van der Waals surface area contributed by atoms with Crippen LogP contribution in [0.4, 0.5) is 0 Å². The normalized spacial score (nSPS) is 12.3. The maximum Gasteiger partial charge on any atom is 0.314 e. The van der Waals surface area contributed by atoms with Gasteiger partial charge in [-0.15, -0.1) is 0 Å². The smallest absolute Gasteiger partial charge is 0.314 e. The van der Waals surface area contributed by atoms with Gasteiger partial charge < -0.3 is 15.2 Å². The minimum Gasteiger partial charge on any atom is -0.491 e. The fourth-order valence-corrected chi connectivity index (χ4v) is 1.66. The fourth-order valence-electron chi connectivity index (χ4n) is 1.66. The van der Waals surface area contributed by atoms with Crippen molar-refractivity contribution < 1.29 is 14.3 Å². The third-order valence-electron chi connectivity index (χ3n) is 2.46. The zero-order chi connectivity index (χ0) is 13.5. The topological polar surface area (TPSA) is 61.5 Å². The summed E-state index contributed by atoms with van der Waals surface area (Å²) in [5, 5.41) is 0. The van der Waals surface area contributed by atoms with Crippen LogP contribution in [0.3, 0.4) is 0 Å². The van der Waals surface area contributed by atoms with Crippen LogP contribution in [0.2, 0.25) is 0 Å². The molecule has 0 bridgehead atoms. The molecule has 1 unspecified atom stereocenters. The van der Waals surface area contributed by atoms with E-state index in [0.29, 0.717) is 6.61 Å². The van der Waals surface area contributed by atoms with Gasteiger partial charge in [0, 0.05) is 6.54 Å². The summed E-state index contributed by atoms with van der Waals surface area (Å²) in [5.41, 5.74) is 6.48. The van der Waals surface area contributed by atoms with Gasteiger partial charge in [0.1, 0.15) is 5.75 Å². The predicted molar refractivity (Wildman–Crippen MR) is 70.6 cm³/mol. The molecule has 4 nitrogen and oxygen atoms in total. The Balaban J connectivity index is 2.78. The number of esters is 1. The first kappa shape index (κ1) is 14.5. The highest BCUT2D eigenvalue weighted by Gasteiger charge is 2.20. The van der Waals surface area contributed by atoms with Crippen LogP contribution in [0.5, 0.6) is 5.75 Å². The van der Waals surface area contributed by atoms with Gasteiger partial charge in [0.2, 0.25) is 0 Å². The summed E-state index contributed by atoms with van der Waals surface area (Å²) in [4.78, 5) is 11.7. The molecule has 4 heteroatoms. The van der Waals surface area contributed by atoms with E-state index in [2.05, 4.69) is 0 Å². The Morgan fingerprint density at radius 2 is 1.89 bits per heavy atom. The third-order valence-corrected chi connectivity index (χ3v) is 2.46. The molecule has 0 fully saturated rings. The zero-order valence-corrected chi connectivity index (χ0v) is 11.2. The van der Waals surface area contributed by atoms with E-state index in [1.54, 1.807) is 6.92 Å². The van der Waals surface area contributed by atoms with E-state index in [0.717, 1.165) is 11.3 Å². The Labute approximate surface area is 108 Å². The molecule has 1 rings (SSSR count). The maximum absolute atomic E-state index is 11.7. The number of rotatable bonds is 6. The van der Waals surface area contributed by atoms with Crippen molar-refractivity contribution in [3.8, 4) is 5.75 Å². The maximum atomic E-state index is 11.7. The highest BCUT2D eigenvalue weighted by Crippen LogP contribution is 2.20. The molecule has 0 heterocycles. The molecular weight excluding hydrogens is 230 g/mol. The van der Waals surface area contributed by atoms with Gasteiger partial charge in [0.25, 0.3) is 0 Å². The van der Waals surface area contributed by atoms with Crippen molar-refractivity contribution >= 4 is 5.97 Å². The standard InChI is InChI=1S/C14H21NO3/c1-4-17-14(16)13(9-15)11-5-7-12(8-6-11)18-10(2)3/h5-8,10,13H,4,9,15H2,1-3H3. The van der Waals surface area contributed by atoms with Gasteiger partial charge in [-0.2, -0.15) is 0 Å². The minimum atomic E-state index is -0.405. The van der Waals surface area contributed by atoms with E-state index in [-0.39, 0.29) is 18.6 Å². The summed E-state index contributed by atoms with van der Waals surface area (Å²) < 4.78 is 10.5. The summed E-state index contributed by atoms with van der Waals surface area (Å²) in [5.74, 6) is 0.101. The second-order valence-corrected chi connectivity index (χ2v) is 4.28. The Morgan fingerprint density at radius 1 is 1.28 bits per heavy atom. The summed E-state index contributed by atoms with van der Waals surface area (Å²) in [6, 6.07) is 7.40. The second kappa shape index (κ2) is 7.01. The van der Waals surface area contributed by atoms with E-state index in [4.69, 9.17) is 15.2 Å². The van der Waals surface area contributed by atoms with Crippen LogP contribution >= 0.6 is 0 Å². The Bertz CT molecular complexity index is 373. The second-order valence-electron chi connectivity index (χ2n) is 4.28. The van der Waals surface area contributed by atoms with Gasteiger partial charge in [-0.1, -0.05) is 12.1 Å². The van der Waals surface area contributed by atoms with E-state index in [1.165, 1.54) is 0 Å². The van der Waals surface area contributed by atoms with Crippen LogP contribution in [0.15, 0.2) is 24.3 Å². The molecule has 0 aliphatic heterocycles. The number of benzene rings is 1. The summed E-state index contributed by atoms with van der Waals surface area (Å²) >= 11 is 0. The van der Waals surface area contributed by atoms with E-state index < -0.39 is 5.92 Å². The molecule has 100 valence electrons. The molecule has 0 saturated carbocycles. The van der Waals surface area contributed by atoms with E-state index in [1.807, 2.05) is 38.1 Å². The first-order chi connectivity index (χ1) is 8.58. The quantitative estimate of drug-likeness (QED) is 0.786. The largest absolute Gasteiger partial charge is 0.491 e. The van der Waals surface area contributed by atoms with Crippen molar-refractivity contribution in [1.82, 2.24) is 0 Å². The average molecular weight is 251 g/mol. The SMILES string of the molecule is CCOC(=O)C(CN)c1ccc(OC(C)C)cc1. The van der Waals surface area contributed by atoms with Crippen molar-refractivity contribution in [2.24, 2.45) is 5.73 Å². The first-order valence-electron chi connectivity index (χ1n) is 6.21. The molecule has 0 aliphatic rings. The predicted octanol–water partition coefficient (Wildman–Crippen LogP) is 2.08. The molecule has 0 saturated heterocycles. The molecular formula is C14H21NO3. The van der Waals surface area contributed by atoms with Crippen LogP contribution < -0.4 is 10.5 Å². The first-order valence-corrected chi connectivity index (χ1v) is 6.21. The molecule has 0 amide bonds. The Kier molecular flexibility index (Phi) is 5.65. The number of hydrogen-bond donors (Lipinski definition) is 1. The van der Waals surface area contributed by atoms with Gasteiger partial charge in [0.05, 0.1) is 18.6 Å². The lowest BCUT2D eigenvalue weighted by molar-refractivity contribution is -0.144. The molecule has 2 N–H and O–H groups in total. The number of hydrogen-bond acceptors (Lipinski definition) is 4. The van der Waals surface area contributed by atoms with Crippen molar-refractivity contribution in [3.63, 3.8) is 0 Å². The Morgan fingerprint density at radius 3 is 2.33 bits per heavy atom. The van der Waals surface area contributed by atoms with Crippen molar-refractivity contribution in [3.05, 3.63) is 29.8 Å². The average Bonchev–Trinajstić information content (AvgIpc) is 2.32. The van der Waals surface area contributed by atoms with E-state index >= 15 is 0 Å². The number of nitrogens with two attached hydrogens (primary N) is 1. The minimum absolute atomic E-state index is 0.131. The lowest BCUT2D eigenvalue weighted by atomic mass is 9.99. The third kappa shape index (κ3) is 4.04. The molecule has 0 aliphatic carbocycles. The van der Waals surface area contributed by atoms with Crippen molar-refractivity contribution in [1.29, 1.82) is 0 Å². The fraction of sp³-hybridized carbons (Fsp3) is 0.500. The summed E-state index contributed by atoms with van der Waals surface area (Å²) in [6.45, 7) is 6.32. The van der Waals surface area contributed by atoms with Crippen LogP contribution in [0.25, 0.3) is 0 Å². The van der Waals surface area contributed by atoms with Gasteiger partial charge in [0.15, 0.2) is 0 Å². The van der Waals surface area contributed by atoms with Gasteiger partial charge in [-0.3, -0.25) is 4.79 Å². The molecule has 0 radical (unpaired) electrons. The van der Waals surface area contributed by atoms with E-state index in [9.17, 15) is 4.79 Å². The highest BCUT2D eigenvalue weighted by molar-refractivity contribution is 5.78. The lowest BCUT2D eigenvalue weighted by Gasteiger charge is -2.15. The number of carbonyl (C=O) groups is 1. The van der Waals surface area contributed by atoms with Crippen molar-refractivity contribution in [2.75, 3.05) is 13.2 Å². The molecule has 1 aromatic rings. The molecule has 0 spiro atoms. The number of carbonyl (C=O) groups excluding carboxylic acids is 1. The van der Waals surface area contributed by atoms with Gasteiger partial charge in [-0.05, 0) is 38.5 Å². The highest BCUT2D eigenvalue weighted by atomic mass is 16.5. The van der Waals surface area contributed by atoms with Crippen LogP contribution in [0.1, 0.15) is 32.3 Å². The summed E-state index contributed by atoms with van der Waals surface area (Å²) in [7, 11) is 0. The van der Waals surface area contributed by atoms with Crippen LogP contribution in [0, 0.1) is 0 Å². The van der Waals surface area contributed by atoms with Gasteiger partial charge in [-0.25, -0.2) is 0 Å². The molecule has 1 atom stereocenters. The molecule has 1 aromatic carbocycles. The van der Waals surface area contributed by atoms with Crippen LogP contribution in [-0.2, 0) is 9.53 Å². The molecule has 18 heavy (non-hydrogen) atoms. The van der Waals surface area contributed by atoms with Crippen LogP contribution in [-0.4, -0.2) is 25.2 Å². The number of ether oxygens (including phenoxy) is 2. The van der Waals surface area contributed by atoms with Crippen molar-refractivity contribution in [2.45, 2.75) is 32.8 Å². The lowest BCUT2D eigenvalue weighted by Crippen LogP contribution is -2.23. The zero-order valence-electron chi connectivity index (χ0n) is 11.2. The molecule has 0 aromatic heterocycles. The summed E-state index contributed by atoms with van der Waals surface area (Å²) in [6.07, 6.45) is 0.131. The Hall–Kier alpha value is -1.55.